The van der Waals surface area contributed by atoms with Crippen LogP contribution in [0.25, 0.3) is 0 Å². The zero-order chi connectivity index (χ0) is 10.7. The zero-order valence-corrected chi connectivity index (χ0v) is 9.75. The fourth-order valence-electron chi connectivity index (χ4n) is 2.34. The van der Waals surface area contributed by atoms with Gasteiger partial charge in [0, 0.05) is 18.2 Å². The van der Waals surface area contributed by atoms with Crippen molar-refractivity contribution in [3.63, 3.8) is 0 Å². The van der Waals surface area contributed by atoms with Crippen LogP contribution in [0.4, 0.5) is 0 Å². The fourth-order valence-corrected chi connectivity index (χ4v) is 2.34. The highest BCUT2D eigenvalue weighted by atomic mass is 16.3. The first-order valence-electron chi connectivity index (χ1n) is 6.01. The minimum absolute atomic E-state index is 0.410. The molecule has 0 radical (unpaired) electrons. The number of hydrogen-bond acceptors (Lipinski definition) is 2. The summed E-state index contributed by atoms with van der Waals surface area (Å²) in [7, 11) is 0. The molecule has 0 spiro atoms. The number of rotatable bonds is 5. The van der Waals surface area contributed by atoms with Crippen molar-refractivity contribution in [1.29, 1.82) is 0 Å². The normalized spacial score (nSPS) is 20.9. The second-order valence-electron chi connectivity index (χ2n) is 4.87. The van der Waals surface area contributed by atoms with E-state index >= 15 is 0 Å². The van der Waals surface area contributed by atoms with Gasteiger partial charge in [-0.2, -0.15) is 0 Å². The van der Waals surface area contributed by atoms with Crippen LogP contribution in [-0.4, -0.2) is 6.54 Å². The van der Waals surface area contributed by atoms with E-state index in [0.717, 1.165) is 6.54 Å². The van der Waals surface area contributed by atoms with Crippen molar-refractivity contribution in [2.24, 2.45) is 5.41 Å². The van der Waals surface area contributed by atoms with E-state index in [0.29, 0.717) is 11.5 Å². The minimum Gasteiger partial charge on any atom is -0.472 e. The Morgan fingerprint density at radius 3 is 2.80 bits per heavy atom. The van der Waals surface area contributed by atoms with Crippen LogP contribution in [0.2, 0.25) is 0 Å². The van der Waals surface area contributed by atoms with Crippen LogP contribution < -0.4 is 5.32 Å². The molecule has 1 heterocycles. The molecule has 1 aromatic rings. The average molecular weight is 207 g/mol. The number of hydrogen-bond donors (Lipinski definition) is 1. The molecule has 0 aromatic carbocycles. The van der Waals surface area contributed by atoms with Crippen LogP contribution in [-0.2, 0) is 0 Å². The Hall–Kier alpha value is -0.760. The van der Waals surface area contributed by atoms with Crippen molar-refractivity contribution >= 4 is 0 Å². The molecule has 0 amide bonds. The van der Waals surface area contributed by atoms with Crippen molar-refractivity contribution < 1.29 is 4.42 Å². The molecule has 1 aliphatic carbocycles. The van der Waals surface area contributed by atoms with Crippen molar-refractivity contribution in [2.45, 2.75) is 45.6 Å². The summed E-state index contributed by atoms with van der Waals surface area (Å²) in [5, 5.41) is 3.62. The van der Waals surface area contributed by atoms with Crippen LogP contribution in [0.15, 0.2) is 23.0 Å². The van der Waals surface area contributed by atoms with Crippen LogP contribution in [0.5, 0.6) is 0 Å². The van der Waals surface area contributed by atoms with E-state index in [4.69, 9.17) is 4.42 Å². The molecule has 0 bridgehead atoms. The quantitative estimate of drug-likeness (QED) is 0.799. The third-order valence-electron chi connectivity index (χ3n) is 3.99. The maximum absolute atomic E-state index is 5.09. The van der Waals surface area contributed by atoms with E-state index < -0.39 is 0 Å². The van der Waals surface area contributed by atoms with E-state index in [9.17, 15) is 0 Å². The van der Waals surface area contributed by atoms with Crippen molar-refractivity contribution in [3.05, 3.63) is 24.2 Å². The maximum atomic E-state index is 5.09. The molecule has 0 aliphatic heterocycles. The second kappa shape index (κ2) is 4.40. The third-order valence-corrected chi connectivity index (χ3v) is 3.99. The molecule has 1 aromatic heterocycles. The summed E-state index contributed by atoms with van der Waals surface area (Å²) in [6.45, 7) is 5.66. The highest BCUT2D eigenvalue weighted by Crippen LogP contribution is 2.43. The Kier molecular flexibility index (Phi) is 3.15. The lowest BCUT2D eigenvalue weighted by molar-refractivity contribution is 0.120. The molecule has 15 heavy (non-hydrogen) atoms. The molecule has 1 atom stereocenters. The van der Waals surface area contributed by atoms with Crippen molar-refractivity contribution in [2.75, 3.05) is 6.54 Å². The van der Waals surface area contributed by atoms with Gasteiger partial charge in [-0.1, -0.05) is 13.3 Å². The SMILES string of the molecule is CCC1(CNC(C)c2ccoc2)CCC1. The molecule has 1 aliphatic rings. The third kappa shape index (κ3) is 2.25. The molecule has 1 fully saturated rings. The van der Waals surface area contributed by atoms with Gasteiger partial charge in [0.2, 0.25) is 0 Å². The molecule has 84 valence electrons. The van der Waals surface area contributed by atoms with E-state index in [1.54, 1.807) is 6.26 Å². The summed E-state index contributed by atoms with van der Waals surface area (Å²) in [6, 6.07) is 2.45. The van der Waals surface area contributed by atoms with Gasteiger partial charge in [-0.15, -0.1) is 0 Å². The highest BCUT2D eigenvalue weighted by Gasteiger charge is 2.34. The summed E-state index contributed by atoms with van der Waals surface area (Å²) >= 11 is 0. The molecular weight excluding hydrogens is 186 g/mol. The maximum Gasteiger partial charge on any atom is 0.0950 e. The molecule has 0 saturated heterocycles. The van der Waals surface area contributed by atoms with Gasteiger partial charge < -0.3 is 9.73 Å². The highest BCUT2D eigenvalue weighted by molar-refractivity contribution is 5.10. The monoisotopic (exact) mass is 207 g/mol. The largest absolute Gasteiger partial charge is 0.472 e. The van der Waals surface area contributed by atoms with Gasteiger partial charge in [0.15, 0.2) is 0 Å². The smallest absolute Gasteiger partial charge is 0.0950 e. The Morgan fingerprint density at radius 1 is 1.53 bits per heavy atom. The summed E-state index contributed by atoms with van der Waals surface area (Å²) in [4.78, 5) is 0. The van der Waals surface area contributed by atoms with Gasteiger partial charge in [0.05, 0.1) is 12.5 Å². The standard InChI is InChI=1S/C13H21NO/c1-3-13(6-4-7-13)10-14-11(2)12-5-8-15-9-12/h5,8-9,11,14H,3-4,6-7,10H2,1-2H3. The summed E-state index contributed by atoms with van der Waals surface area (Å²) in [6.07, 6.45) is 9.08. The molecule has 1 unspecified atom stereocenters. The van der Waals surface area contributed by atoms with E-state index in [-0.39, 0.29) is 0 Å². The lowest BCUT2D eigenvalue weighted by Gasteiger charge is -2.42. The summed E-state index contributed by atoms with van der Waals surface area (Å²) < 4.78 is 5.09. The molecule has 1 N–H and O–H groups in total. The summed E-state index contributed by atoms with van der Waals surface area (Å²) in [5.41, 5.74) is 1.85. The Morgan fingerprint density at radius 2 is 2.33 bits per heavy atom. The lowest BCUT2D eigenvalue weighted by Crippen LogP contribution is -2.40. The van der Waals surface area contributed by atoms with Gasteiger partial charge in [-0.25, -0.2) is 0 Å². The first-order chi connectivity index (χ1) is 7.26. The first-order valence-corrected chi connectivity index (χ1v) is 6.01. The zero-order valence-electron chi connectivity index (χ0n) is 9.75. The van der Waals surface area contributed by atoms with Gasteiger partial charge in [0.1, 0.15) is 0 Å². The van der Waals surface area contributed by atoms with E-state index in [1.165, 1.54) is 31.2 Å². The molecule has 2 rings (SSSR count). The van der Waals surface area contributed by atoms with Gasteiger partial charge in [-0.3, -0.25) is 0 Å². The molecule has 1 saturated carbocycles. The molecular formula is C13H21NO. The van der Waals surface area contributed by atoms with Gasteiger partial charge >= 0.3 is 0 Å². The summed E-state index contributed by atoms with van der Waals surface area (Å²) in [5.74, 6) is 0. The van der Waals surface area contributed by atoms with Crippen molar-refractivity contribution in [3.8, 4) is 0 Å². The van der Waals surface area contributed by atoms with Gasteiger partial charge in [-0.05, 0) is 37.7 Å². The fraction of sp³-hybridized carbons (Fsp3) is 0.692. The van der Waals surface area contributed by atoms with Crippen LogP contribution in [0.1, 0.15) is 51.1 Å². The predicted octanol–water partition coefficient (Wildman–Crippen LogP) is 3.51. The molecule has 2 nitrogen and oxygen atoms in total. The lowest BCUT2D eigenvalue weighted by atomic mass is 9.67. The topological polar surface area (TPSA) is 25.2 Å². The van der Waals surface area contributed by atoms with E-state index in [2.05, 4.69) is 19.2 Å². The second-order valence-corrected chi connectivity index (χ2v) is 4.87. The van der Waals surface area contributed by atoms with Crippen LogP contribution >= 0.6 is 0 Å². The van der Waals surface area contributed by atoms with Crippen molar-refractivity contribution in [1.82, 2.24) is 5.32 Å². The predicted molar refractivity (Wildman–Crippen MR) is 61.7 cm³/mol. The number of nitrogens with one attached hydrogen (secondary N) is 1. The number of furan rings is 1. The Bertz CT molecular complexity index is 282. The van der Waals surface area contributed by atoms with Crippen LogP contribution in [0, 0.1) is 5.41 Å². The Labute approximate surface area is 92.1 Å². The van der Waals surface area contributed by atoms with Gasteiger partial charge in [0.25, 0.3) is 0 Å². The Balaban J connectivity index is 1.82. The molecule has 2 heteroatoms. The van der Waals surface area contributed by atoms with E-state index in [1.807, 2.05) is 12.3 Å². The average Bonchev–Trinajstić information content (AvgIpc) is 2.69. The first kappa shape index (κ1) is 10.7. The minimum atomic E-state index is 0.410. The van der Waals surface area contributed by atoms with Crippen LogP contribution in [0.3, 0.4) is 0 Å².